The van der Waals surface area contributed by atoms with Gasteiger partial charge in [-0.15, -0.1) is 0 Å². The molecule has 3 nitrogen and oxygen atoms in total. The van der Waals surface area contributed by atoms with Crippen molar-refractivity contribution in [2.45, 2.75) is 45.1 Å². The highest BCUT2D eigenvalue weighted by atomic mass is 16.5. The number of hydrogen-bond acceptors (Lipinski definition) is 3. The first kappa shape index (κ1) is 13.1. The number of ether oxygens (including phenoxy) is 1. The third kappa shape index (κ3) is 3.09. The van der Waals surface area contributed by atoms with E-state index in [-0.39, 0.29) is 5.75 Å². The van der Waals surface area contributed by atoms with Crippen molar-refractivity contribution in [2.24, 2.45) is 5.92 Å². The molecule has 0 bridgehead atoms. The number of methoxy groups -OCH3 is 1. The van der Waals surface area contributed by atoms with Crippen LogP contribution in [-0.4, -0.2) is 18.3 Å². The summed E-state index contributed by atoms with van der Waals surface area (Å²) in [6.07, 6.45) is 6.72. The Morgan fingerprint density at radius 1 is 1.28 bits per heavy atom. The van der Waals surface area contributed by atoms with Crippen molar-refractivity contribution < 1.29 is 9.84 Å². The fourth-order valence-corrected chi connectivity index (χ4v) is 2.79. The van der Waals surface area contributed by atoms with E-state index in [1.807, 2.05) is 6.07 Å². The van der Waals surface area contributed by atoms with Crippen LogP contribution < -0.4 is 10.1 Å². The van der Waals surface area contributed by atoms with E-state index in [0.717, 1.165) is 11.6 Å². The summed E-state index contributed by atoms with van der Waals surface area (Å²) in [6.45, 7) is 2.23. The van der Waals surface area contributed by atoms with E-state index in [4.69, 9.17) is 4.74 Å². The molecule has 0 aliphatic heterocycles. The molecule has 3 heteroatoms. The van der Waals surface area contributed by atoms with Crippen LogP contribution in [0.15, 0.2) is 18.2 Å². The third-order valence-electron chi connectivity index (χ3n) is 3.93. The second-order valence-corrected chi connectivity index (χ2v) is 5.22. The molecule has 0 aromatic heterocycles. The van der Waals surface area contributed by atoms with E-state index in [1.54, 1.807) is 19.2 Å². The number of hydrogen-bond donors (Lipinski definition) is 2. The van der Waals surface area contributed by atoms with Gasteiger partial charge in [0, 0.05) is 17.8 Å². The average Bonchev–Trinajstić information content (AvgIpc) is 2.40. The van der Waals surface area contributed by atoms with Gasteiger partial charge in [-0.2, -0.15) is 0 Å². The van der Waals surface area contributed by atoms with Gasteiger partial charge in [0.2, 0.25) is 0 Å². The second-order valence-electron chi connectivity index (χ2n) is 5.22. The predicted molar refractivity (Wildman–Crippen MR) is 74.3 cm³/mol. The Bertz CT molecular complexity index is 386. The van der Waals surface area contributed by atoms with Gasteiger partial charge < -0.3 is 15.2 Å². The zero-order chi connectivity index (χ0) is 13.0. The molecule has 100 valence electrons. The van der Waals surface area contributed by atoms with Gasteiger partial charge in [-0.05, 0) is 37.8 Å². The monoisotopic (exact) mass is 249 g/mol. The van der Waals surface area contributed by atoms with Gasteiger partial charge in [0.05, 0.1) is 7.11 Å². The minimum absolute atomic E-state index is 0.193. The highest BCUT2D eigenvalue weighted by Crippen LogP contribution is 2.31. The maximum atomic E-state index is 9.75. The normalized spacial score (nSPS) is 18.3. The van der Waals surface area contributed by atoms with Crippen molar-refractivity contribution in [1.82, 2.24) is 0 Å². The van der Waals surface area contributed by atoms with Gasteiger partial charge in [-0.3, -0.25) is 0 Å². The van der Waals surface area contributed by atoms with Crippen molar-refractivity contribution in [3.05, 3.63) is 18.2 Å². The van der Waals surface area contributed by atoms with Crippen LogP contribution in [-0.2, 0) is 0 Å². The van der Waals surface area contributed by atoms with Crippen LogP contribution in [0.5, 0.6) is 11.5 Å². The van der Waals surface area contributed by atoms with E-state index in [1.165, 1.54) is 32.1 Å². The van der Waals surface area contributed by atoms with Gasteiger partial charge in [-0.25, -0.2) is 0 Å². The molecule has 2 rings (SSSR count). The molecule has 18 heavy (non-hydrogen) atoms. The topological polar surface area (TPSA) is 41.5 Å². The van der Waals surface area contributed by atoms with Crippen LogP contribution in [0.2, 0.25) is 0 Å². The van der Waals surface area contributed by atoms with Crippen molar-refractivity contribution >= 4 is 5.69 Å². The molecule has 0 radical (unpaired) electrons. The minimum Gasteiger partial charge on any atom is -0.504 e. The van der Waals surface area contributed by atoms with E-state index in [2.05, 4.69) is 12.2 Å². The summed E-state index contributed by atoms with van der Waals surface area (Å²) < 4.78 is 5.04. The Balaban J connectivity index is 1.97. The van der Waals surface area contributed by atoms with Crippen molar-refractivity contribution in [2.75, 3.05) is 12.4 Å². The van der Waals surface area contributed by atoms with Crippen LogP contribution in [0, 0.1) is 5.92 Å². The number of rotatable bonds is 4. The van der Waals surface area contributed by atoms with E-state index in [9.17, 15) is 5.11 Å². The van der Waals surface area contributed by atoms with Crippen molar-refractivity contribution in [1.29, 1.82) is 0 Å². The molecular weight excluding hydrogens is 226 g/mol. The summed E-state index contributed by atoms with van der Waals surface area (Å²) in [5, 5.41) is 13.2. The smallest absolute Gasteiger partial charge is 0.160 e. The minimum atomic E-state index is 0.193. The van der Waals surface area contributed by atoms with Gasteiger partial charge in [0.25, 0.3) is 0 Å². The van der Waals surface area contributed by atoms with Crippen LogP contribution >= 0.6 is 0 Å². The first-order valence-electron chi connectivity index (χ1n) is 6.84. The molecule has 1 unspecified atom stereocenters. The lowest BCUT2D eigenvalue weighted by Gasteiger charge is -2.29. The first-order valence-corrected chi connectivity index (χ1v) is 6.84. The molecule has 0 spiro atoms. The fraction of sp³-hybridized carbons (Fsp3) is 0.600. The van der Waals surface area contributed by atoms with Crippen LogP contribution in [0.4, 0.5) is 5.69 Å². The maximum Gasteiger partial charge on any atom is 0.160 e. The van der Waals surface area contributed by atoms with Crippen molar-refractivity contribution in [3.8, 4) is 11.5 Å². The molecule has 0 amide bonds. The lowest BCUT2D eigenvalue weighted by Crippen LogP contribution is -2.27. The summed E-state index contributed by atoms with van der Waals surface area (Å²) in [7, 11) is 1.56. The van der Waals surface area contributed by atoms with Gasteiger partial charge in [-0.1, -0.05) is 19.3 Å². The molecule has 1 aromatic rings. The summed E-state index contributed by atoms with van der Waals surface area (Å²) in [5.41, 5.74) is 0.964. The van der Waals surface area contributed by atoms with E-state index < -0.39 is 0 Å². The Morgan fingerprint density at radius 3 is 2.61 bits per heavy atom. The number of benzene rings is 1. The molecule has 1 atom stereocenters. The predicted octanol–water partition coefficient (Wildman–Crippen LogP) is 3.78. The van der Waals surface area contributed by atoms with Crippen LogP contribution in [0.3, 0.4) is 0 Å². The highest BCUT2D eigenvalue weighted by molar-refractivity contribution is 5.54. The quantitative estimate of drug-likeness (QED) is 0.853. The SMILES string of the molecule is COc1ccc(NC(C)C2CCCCC2)cc1O. The number of anilines is 1. The molecular formula is C15H23NO2. The van der Waals surface area contributed by atoms with Crippen LogP contribution in [0.1, 0.15) is 39.0 Å². The summed E-state index contributed by atoms with van der Waals surface area (Å²) in [5.74, 6) is 1.47. The summed E-state index contributed by atoms with van der Waals surface area (Å²) in [6, 6.07) is 5.94. The Kier molecular flexibility index (Phi) is 4.34. The summed E-state index contributed by atoms with van der Waals surface area (Å²) in [4.78, 5) is 0. The zero-order valence-electron chi connectivity index (χ0n) is 11.3. The van der Waals surface area contributed by atoms with Gasteiger partial charge in [0.1, 0.15) is 0 Å². The molecule has 2 N–H and O–H groups in total. The molecule has 1 aromatic carbocycles. The maximum absolute atomic E-state index is 9.75. The highest BCUT2D eigenvalue weighted by Gasteiger charge is 2.19. The number of phenols is 1. The molecule has 1 saturated carbocycles. The average molecular weight is 249 g/mol. The molecule has 0 heterocycles. The lowest BCUT2D eigenvalue weighted by atomic mass is 9.84. The largest absolute Gasteiger partial charge is 0.504 e. The second kappa shape index (κ2) is 5.98. The molecule has 1 aliphatic rings. The molecule has 1 aliphatic carbocycles. The van der Waals surface area contributed by atoms with E-state index in [0.29, 0.717) is 11.8 Å². The van der Waals surface area contributed by atoms with E-state index >= 15 is 0 Å². The first-order chi connectivity index (χ1) is 8.70. The van der Waals surface area contributed by atoms with Gasteiger partial charge >= 0.3 is 0 Å². The summed E-state index contributed by atoms with van der Waals surface area (Å²) >= 11 is 0. The van der Waals surface area contributed by atoms with Crippen molar-refractivity contribution in [3.63, 3.8) is 0 Å². The number of nitrogens with one attached hydrogen (secondary N) is 1. The lowest BCUT2D eigenvalue weighted by molar-refractivity contribution is 0.328. The third-order valence-corrected chi connectivity index (χ3v) is 3.93. The number of phenolic OH excluding ortho intramolecular Hbond substituents is 1. The fourth-order valence-electron chi connectivity index (χ4n) is 2.79. The zero-order valence-corrected chi connectivity index (χ0v) is 11.3. The standard InChI is InChI=1S/C15H23NO2/c1-11(12-6-4-3-5-7-12)16-13-8-9-15(18-2)14(17)10-13/h8-12,16-17H,3-7H2,1-2H3. The molecule has 0 saturated heterocycles. The Labute approximate surface area is 109 Å². The number of aromatic hydroxyl groups is 1. The van der Waals surface area contributed by atoms with Gasteiger partial charge in [0.15, 0.2) is 11.5 Å². The Morgan fingerprint density at radius 2 is 2.00 bits per heavy atom. The Hall–Kier alpha value is -1.38. The van der Waals surface area contributed by atoms with Crippen LogP contribution in [0.25, 0.3) is 0 Å². The molecule has 1 fully saturated rings.